The molecule has 0 amide bonds. The second-order valence-corrected chi connectivity index (χ2v) is 4.61. The minimum absolute atomic E-state index is 0.0831. The summed E-state index contributed by atoms with van der Waals surface area (Å²) < 4.78 is 11.8. The van der Waals surface area contributed by atoms with Gasteiger partial charge in [0.1, 0.15) is 0 Å². The molecule has 0 fully saturated rings. The highest BCUT2D eigenvalue weighted by atomic mass is 127. The minimum Gasteiger partial charge on any atom is -0.493 e. The molecule has 1 aromatic carbocycles. The molecule has 88 valence electrons. The predicted molar refractivity (Wildman–Crippen MR) is 70.9 cm³/mol. The van der Waals surface area contributed by atoms with Gasteiger partial charge in [0, 0.05) is 5.56 Å². The average molecular weight is 335 g/mol. The van der Waals surface area contributed by atoms with Crippen LogP contribution in [-0.2, 0) is 0 Å². The molecule has 0 aliphatic rings. The molecule has 4 nitrogen and oxygen atoms in total. The number of nitrogens with zero attached hydrogens (tertiary/aromatic N) is 1. The van der Waals surface area contributed by atoms with Crippen LogP contribution < -0.4 is 9.47 Å². The fourth-order valence-corrected chi connectivity index (χ4v) is 1.98. The van der Waals surface area contributed by atoms with Crippen LogP contribution in [0.4, 0.5) is 0 Å². The quantitative estimate of drug-likeness (QED) is 0.398. The molecular weight excluding hydrogens is 321 g/mol. The van der Waals surface area contributed by atoms with Gasteiger partial charge in [-0.15, -0.1) is 0 Å². The van der Waals surface area contributed by atoms with E-state index in [0.29, 0.717) is 11.5 Å². The van der Waals surface area contributed by atoms with Crippen molar-refractivity contribution in [1.29, 1.82) is 0 Å². The molecule has 0 aliphatic heterocycles. The molecule has 0 radical (unpaired) electrons. The van der Waals surface area contributed by atoms with Crippen LogP contribution in [0.25, 0.3) is 0 Å². The number of halogens is 1. The van der Waals surface area contributed by atoms with E-state index in [0.717, 1.165) is 9.13 Å². The molecule has 0 atom stereocenters. The Morgan fingerprint density at radius 3 is 2.62 bits per heavy atom. The first-order valence-corrected chi connectivity index (χ1v) is 5.88. The van der Waals surface area contributed by atoms with Crippen molar-refractivity contribution >= 4 is 28.8 Å². The largest absolute Gasteiger partial charge is 0.493 e. The second kappa shape index (κ2) is 5.93. The van der Waals surface area contributed by atoms with Crippen LogP contribution in [0, 0.1) is 3.57 Å². The molecule has 0 saturated carbocycles. The third-order valence-electron chi connectivity index (χ3n) is 1.81. The highest BCUT2D eigenvalue weighted by molar-refractivity contribution is 14.1. The van der Waals surface area contributed by atoms with Crippen molar-refractivity contribution in [2.24, 2.45) is 5.16 Å². The predicted octanol–water partition coefficient (Wildman–Crippen LogP) is 2.90. The number of ether oxygens (including phenoxy) is 2. The van der Waals surface area contributed by atoms with Crippen molar-refractivity contribution in [2.45, 2.75) is 20.0 Å². The first-order chi connectivity index (χ1) is 7.58. The fraction of sp³-hybridized carbons (Fsp3) is 0.364. The van der Waals surface area contributed by atoms with E-state index >= 15 is 0 Å². The first-order valence-electron chi connectivity index (χ1n) is 4.80. The number of rotatable bonds is 4. The van der Waals surface area contributed by atoms with Crippen LogP contribution in [-0.4, -0.2) is 24.6 Å². The summed E-state index contributed by atoms with van der Waals surface area (Å²) >= 11 is 2.16. The summed E-state index contributed by atoms with van der Waals surface area (Å²) in [5.41, 5.74) is 0.764. The van der Waals surface area contributed by atoms with Gasteiger partial charge in [0.05, 0.1) is 23.0 Å². The smallest absolute Gasteiger partial charge is 0.174 e. The van der Waals surface area contributed by atoms with Gasteiger partial charge >= 0.3 is 0 Å². The zero-order valence-electron chi connectivity index (χ0n) is 9.40. The molecule has 1 rings (SSSR count). The topological polar surface area (TPSA) is 51.0 Å². The minimum atomic E-state index is 0.0831. The molecule has 0 saturated heterocycles. The summed E-state index contributed by atoms with van der Waals surface area (Å²) in [6, 6.07) is 3.63. The molecule has 1 aromatic rings. The third-order valence-corrected chi connectivity index (χ3v) is 2.61. The van der Waals surface area contributed by atoms with Gasteiger partial charge in [-0.25, -0.2) is 0 Å². The van der Waals surface area contributed by atoms with Crippen LogP contribution in [0.3, 0.4) is 0 Å². The Labute approximate surface area is 108 Å². The Morgan fingerprint density at radius 2 is 2.12 bits per heavy atom. The van der Waals surface area contributed by atoms with Gasteiger partial charge in [0.15, 0.2) is 11.5 Å². The van der Waals surface area contributed by atoms with Gasteiger partial charge in [-0.3, -0.25) is 0 Å². The maximum absolute atomic E-state index is 8.48. The number of hydrogen-bond donors (Lipinski definition) is 1. The van der Waals surface area contributed by atoms with Crippen molar-refractivity contribution in [3.05, 3.63) is 21.3 Å². The van der Waals surface area contributed by atoms with Crippen molar-refractivity contribution in [3.8, 4) is 11.5 Å². The van der Waals surface area contributed by atoms with Crippen LogP contribution in [0.15, 0.2) is 17.3 Å². The third kappa shape index (κ3) is 3.26. The second-order valence-electron chi connectivity index (χ2n) is 3.45. The molecule has 16 heavy (non-hydrogen) atoms. The SMILES string of the molecule is COc1cc(/C=N/O)cc(I)c1OC(C)C. The number of benzene rings is 1. The van der Waals surface area contributed by atoms with E-state index in [9.17, 15) is 0 Å². The summed E-state index contributed by atoms with van der Waals surface area (Å²) in [4.78, 5) is 0. The van der Waals surface area contributed by atoms with Crippen LogP contribution in [0.1, 0.15) is 19.4 Å². The Bertz CT molecular complexity index is 391. The average Bonchev–Trinajstić information content (AvgIpc) is 2.21. The van der Waals surface area contributed by atoms with E-state index in [-0.39, 0.29) is 6.10 Å². The van der Waals surface area contributed by atoms with Gasteiger partial charge in [-0.05, 0) is 48.6 Å². The fourth-order valence-electron chi connectivity index (χ4n) is 1.23. The first kappa shape index (κ1) is 13.1. The molecule has 0 aliphatic carbocycles. The summed E-state index contributed by atoms with van der Waals surface area (Å²) in [5, 5.41) is 11.5. The Hall–Kier alpha value is -0.980. The van der Waals surface area contributed by atoms with Crippen molar-refractivity contribution in [1.82, 2.24) is 0 Å². The number of oxime groups is 1. The van der Waals surface area contributed by atoms with Crippen LogP contribution in [0.5, 0.6) is 11.5 Å². The van der Waals surface area contributed by atoms with Gasteiger partial charge in [-0.2, -0.15) is 0 Å². The van der Waals surface area contributed by atoms with E-state index in [1.165, 1.54) is 6.21 Å². The maximum atomic E-state index is 8.48. The van der Waals surface area contributed by atoms with E-state index in [4.69, 9.17) is 14.7 Å². The molecule has 1 N–H and O–H groups in total. The summed E-state index contributed by atoms with van der Waals surface area (Å²) in [7, 11) is 1.58. The monoisotopic (exact) mass is 335 g/mol. The van der Waals surface area contributed by atoms with Gasteiger partial charge in [0.2, 0.25) is 0 Å². The molecule has 0 aromatic heterocycles. The Morgan fingerprint density at radius 1 is 1.44 bits per heavy atom. The summed E-state index contributed by atoms with van der Waals surface area (Å²) in [6.07, 6.45) is 1.43. The normalized spacial score (nSPS) is 11.1. The highest BCUT2D eigenvalue weighted by Gasteiger charge is 2.12. The molecular formula is C11H14INO3. The molecule has 0 spiro atoms. The Kier molecular flexibility index (Phi) is 4.85. The molecule has 5 heteroatoms. The molecule has 0 unspecified atom stereocenters. The van der Waals surface area contributed by atoms with Gasteiger partial charge in [0.25, 0.3) is 0 Å². The van der Waals surface area contributed by atoms with Gasteiger partial charge < -0.3 is 14.7 Å². The van der Waals surface area contributed by atoms with E-state index in [1.807, 2.05) is 19.9 Å². The van der Waals surface area contributed by atoms with Gasteiger partial charge in [-0.1, -0.05) is 5.16 Å². The van der Waals surface area contributed by atoms with Crippen molar-refractivity contribution in [3.63, 3.8) is 0 Å². The molecule has 0 bridgehead atoms. The van der Waals surface area contributed by atoms with E-state index in [2.05, 4.69) is 27.7 Å². The van der Waals surface area contributed by atoms with Crippen molar-refractivity contribution < 1.29 is 14.7 Å². The van der Waals surface area contributed by atoms with Crippen LogP contribution >= 0.6 is 22.6 Å². The lowest BCUT2D eigenvalue weighted by molar-refractivity contribution is 0.228. The van der Waals surface area contributed by atoms with Crippen molar-refractivity contribution in [2.75, 3.05) is 7.11 Å². The molecule has 0 heterocycles. The standard InChI is InChI=1S/C11H14INO3/c1-7(2)16-11-9(12)4-8(6-13-14)5-10(11)15-3/h4-7,14H,1-3H3/b13-6+. The lowest BCUT2D eigenvalue weighted by Gasteiger charge is -2.15. The lowest BCUT2D eigenvalue weighted by atomic mass is 10.2. The zero-order valence-corrected chi connectivity index (χ0v) is 11.6. The summed E-state index contributed by atoms with van der Waals surface area (Å²) in [6.45, 7) is 3.91. The van der Waals surface area contributed by atoms with Crippen LogP contribution in [0.2, 0.25) is 0 Å². The zero-order chi connectivity index (χ0) is 12.1. The van der Waals surface area contributed by atoms with E-state index in [1.54, 1.807) is 13.2 Å². The maximum Gasteiger partial charge on any atom is 0.174 e. The Balaban J connectivity index is 3.17. The number of hydrogen-bond acceptors (Lipinski definition) is 4. The lowest BCUT2D eigenvalue weighted by Crippen LogP contribution is -2.08. The van der Waals surface area contributed by atoms with E-state index < -0.39 is 0 Å². The highest BCUT2D eigenvalue weighted by Crippen LogP contribution is 2.34. The summed E-state index contributed by atoms with van der Waals surface area (Å²) in [5.74, 6) is 1.35. The number of methoxy groups -OCH3 is 1.